The van der Waals surface area contributed by atoms with Gasteiger partial charge in [0, 0.05) is 11.6 Å². The van der Waals surface area contributed by atoms with Gasteiger partial charge in [-0.25, -0.2) is 5.48 Å². The summed E-state index contributed by atoms with van der Waals surface area (Å²) in [7, 11) is 1.57. The highest BCUT2D eigenvalue weighted by Gasteiger charge is 2.40. The lowest BCUT2D eigenvalue weighted by Crippen LogP contribution is -2.52. The quantitative estimate of drug-likeness (QED) is 0.622. The predicted molar refractivity (Wildman–Crippen MR) is 81.8 cm³/mol. The molecule has 2 rings (SSSR count). The molecular weight excluding hydrogens is 284 g/mol. The average molecular weight is 306 g/mol. The normalized spacial score (nSPS) is 15.3. The van der Waals surface area contributed by atoms with Crippen LogP contribution in [0.3, 0.4) is 0 Å². The number of nitrogens with one attached hydrogen (secondary N) is 1. The summed E-state index contributed by atoms with van der Waals surface area (Å²) < 4.78 is 5.12. The summed E-state index contributed by atoms with van der Waals surface area (Å²) in [5.74, 6) is -0.158. The van der Waals surface area contributed by atoms with Gasteiger partial charge in [-0.3, -0.25) is 19.7 Å². The molecule has 0 radical (unpaired) electrons. The van der Waals surface area contributed by atoms with Crippen molar-refractivity contribution in [2.45, 2.75) is 32.7 Å². The largest absolute Gasteiger partial charge is 0.497 e. The Balaban J connectivity index is 2.39. The monoisotopic (exact) mass is 306 g/mol. The van der Waals surface area contributed by atoms with Crippen LogP contribution in [0.25, 0.3) is 0 Å². The van der Waals surface area contributed by atoms with E-state index in [1.54, 1.807) is 36.9 Å². The van der Waals surface area contributed by atoms with Gasteiger partial charge in [-0.2, -0.15) is 0 Å². The highest BCUT2D eigenvalue weighted by atomic mass is 16.5. The number of ether oxygens (including phenoxy) is 1. The molecule has 6 nitrogen and oxygen atoms in total. The van der Waals surface area contributed by atoms with Crippen LogP contribution < -0.4 is 15.1 Å². The van der Waals surface area contributed by atoms with Crippen LogP contribution in [0.5, 0.6) is 5.75 Å². The zero-order chi connectivity index (χ0) is 16.3. The van der Waals surface area contributed by atoms with Crippen LogP contribution in [0.15, 0.2) is 24.3 Å². The molecule has 0 unspecified atom stereocenters. The third-order valence-electron chi connectivity index (χ3n) is 3.80. The molecule has 0 saturated heterocycles. The number of methoxy groups -OCH3 is 1. The van der Waals surface area contributed by atoms with E-state index >= 15 is 0 Å². The first-order chi connectivity index (χ1) is 10.5. The molecule has 2 N–H and O–H groups in total. The maximum absolute atomic E-state index is 12.7. The van der Waals surface area contributed by atoms with E-state index in [4.69, 9.17) is 9.94 Å². The molecule has 0 bridgehead atoms. The fraction of sp³-hybridized carbons (Fsp3) is 0.500. The Hall–Kier alpha value is -2.08. The van der Waals surface area contributed by atoms with Crippen LogP contribution in [0, 0.1) is 11.8 Å². The maximum Gasteiger partial charge on any atom is 0.266 e. The standard InChI is InChI=1S/C16H22N2O4/c1-10(2)14(15(19)17-21)18(16(20)11-4-5-11)12-6-8-13(22-3)9-7-12/h6-11,14,21H,4-5H2,1-3H3,(H,17,19)/t14-/m1/s1. The van der Waals surface area contributed by atoms with Gasteiger partial charge in [0.05, 0.1) is 7.11 Å². The summed E-state index contributed by atoms with van der Waals surface area (Å²) in [6, 6.07) is 6.23. The fourth-order valence-corrected chi connectivity index (χ4v) is 2.48. The summed E-state index contributed by atoms with van der Waals surface area (Å²) in [4.78, 5) is 26.2. The number of hydroxylamine groups is 1. The number of carbonyl (C=O) groups excluding carboxylic acids is 2. The van der Waals surface area contributed by atoms with Gasteiger partial charge in [0.25, 0.3) is 5.91 Å². The van der Waals surface area contributed by atoms with Gasteiger partial charge < -0.3 is 4.74 Å². The van der Waals surface area contributed by atoms with E-state index in [9.17, 15) is 9.59 Å². The molecular formula is C16H22N2O4. The zero-order valence-corrected chi connectivity index (χ0v) is 13.1. The Kier molecular flexibility index (Phi) is 5.03. The number of hydrogen-bond acceptors (Lipinski definition) is 4. The first-order valence-electron chi connectivity index (χ1n) is 7.40. The van der Waals surface area contributed by atoms with E-state index in [0.717, 1.165) is 12.8 Å². The Labute approximate surface area is 130 Å². The molecule has 0 spiro atoms. The first kappa shape index (κ1) is 16.3. The minimum absolute atomic E-state index is 0.0326. The third kappa shape index (κ3) is 3.39. The minimum Gasteiger partial charge on any atom is -0.497 e. The Morgan fingerprint density at radius 2 is 1.86 bits per heavy atom. The van der Waals surface area contributed by atoms with Crippen molar-refractivity contribution in [2.24, 2.45) is 11.8 Å². The number of benzene rings is 1. The molecule has 22 heavy (non-hydrogen) atoms. The van der Waals surface area contributed by atoms with E-state index in [1.807, 2.05) is 13.8 Å². The molecule has 2 amide bonds. The molecule has 1 fully saturated rings. The first-order valence-corrected chi connectivity index (χ1v) is 7.40. The number of hydrogen-bond donors (Lipinski definition) is 2. The number of rotatable bonds is 6. The lowest BCUT2D eigenvalue weighted by atomic mass is 10.00. The van der Waals surface area contributed by atoms with Crippen molar-refractivity contribution in [3.8, 4) is 5.75 Å². The zero-order valence-electron chi connectivity index (χ0n) is 13.1. The van der Waals surface area contributed by atoms with Crippen LogP contribution >= 0.6 is 0 Å². The Bertz CT molecular complexity index is 538. The summed E-state index contributed by atoms with van der Waals surface area (Å²) in [6.07, 6.45) is 1.69. The Morgan fingerprint density at radius 3 is 2.27 bits per heavy atom. The summed E-state index contributed by atoms with van der Waals surface area (Å²) in [5, 5.41) is 9.01. The van der Waals surface area contributed by atoms with Gasteiger partial charge in [0.15, 0.2) is 0 Å². The maximum atomic E-state index is 12.7. The van der Waals surface area contributed by atoms with Gasteiger partial charge in [-0.05, 0) is 43.0 Å². The molecule has 1 saturated carbocycles. The van der Waals surface area contributed by atoms with Gasteiger partial charge in [-0.15, -0.1) is 0 Å². The summed E-state index contributed by atoms with van der Waals surface area (Å²) in [6.45, 7) is 3.69. The van der Waals surface area contributed by atoms with Crippen LogP contribution in [0.2, 0.25) is 0 Å². The van der Waals surface area contributed by atoms with Crippen molar-refractivity contribution in [2.75, 3.05) is 12.0 Å². The van der Waals surface area contributed by atoms with Gasteiger partial charge in [0.1, 0.15) is 11.8 Å². The van der Waals surface area contributed by atoms with Crippen molar-refractivity contribution < 1.29 is 19.5 Å². The fourth-order valence-electron chi connectivity index (χ4n) is 2.48. The van der Waals surface area contributed by atoms with Crippen molar-refractivity contribution >= 4 is 17.5 Å². The lowest BCUT2D eigenvalue weighted by Gasteiger charge is -2.33. The summed E-state index contributed by atoms with van der Waals surface area (Å²) >= 11 is 0. The van der Waals surface area contributed by atoms with Crippen molar-refractivity contribution in [1.82, 2.24) is 5.48 Å². The topological polar surface area (TPSA) is 78.9 Å². The molecule has 0 aliphatic heterocycles. The highest BCUT2D eigenvalue weighted by Crippen LogP contribution is 2.35. The molecule has 1 aliphatic carbocycles. The van der Waals surface area contributed by atoms with E-state index in [2.05, 4.69) is 0 Å². The number of anilines is 1. The minimum atomic E-state index is -0.758. The molecule has 6 heteroatoms. The van der Waals surface area contributed by atoms with E-state index in [0.29, 0.717) is 11.4 Å². The van der Waals surface area contributed by atoms with Crippen LogP contribution in [0.1, 0.15) is 26.7 Å². The second-order valence-corrected chi connectivity index (χ2v) is 5.85. The molecule has 0 heterocycles. The van der Waals surface area contributed by atoms with Crippen molar-refractivity contribution in [1.29, 1.82) is 0 Å². The number of carbonyl (C=O) groups is 2. The smallest absolute Gasteiger partial charge is 0.266 e. The molecule has 1 aromatic carbocycles. The van der Waals surface area contributed by atoms with Crippen LogP contribution in [0.4, 0.5) is 5.69 Å². The molecule has 120 valence electrons. The van der Waals surface area contributed by atoms with Crippen molar-refractivity contribution in [3.63, 3.8) is 0 Å². The van der Waals surface area contributed by atoms with Gasteiger partial charge >= 0.3 is 0 Å². The SMILES string of the molecule is COc1ccc(N(C(=O)C2CC2)[C@@H](C(=O)NO)C(C)C)cc1. The predicted octanol–water partition coefficient (Wildman–Crippen LogP) is 1.97. The Morgan fingerprint density at radius 1 is 1.27 bits per heavy atom. The van der Waals surface area contributed by atoms with E-state index < -0.39 is 11.9 Å². The average Bonchev–Trinajstić information content (AvgIpc) is 3.36. The highest BCUT2D eigenvalue weighted by molar-refractivity contribution is 6.02. The van der Waals surface area contributed by atoms with Crippen molar-refractivity contribution in [3.05, 3.63) is 24.3 Å². The molecule has 1 aliphatic rings. The van der Waals surface area contributed by atoms with Crippen LogP contribution in [-0.2, 0) is 9.59 Å². The molecule has 1 aromatic rings. The van der Waals surface area contributed by atoms with Gasteiger partial charge in [-0.1, -0.05) is 13.8 Å². The second kappa shape index (κ2) is 6.79. The molecule has 1 atom stereocenters. The summed E-state index contributed by atoms with van der Waals surface area (Å²) in [5.41, 5.74) is 2.30. The lowest BCUT2D eigenvalue weighted by molar-refractivity contribution is -0.134. The molecule has 0 aromatic heterocycles. The number of amides is 2. The number of nitrogens with zero attached hydrogens (tertiary/aromatic N) is 1. The van der Waals surface area contributed by atoms with Crippen LogP contribution in [-0.4, -0.2) is 30.2 Å². The third-order valence-corrected chi connectivity index (χ3v) is 3.80. The van der Waals surface area contributed by atoms with E-state index in [1.165, 1.54) is 4.90 Å². The van der Waals surface area contributed by atoms with Gasteiger partial charge in [0.2, 0.25) is 5.91 Å². The van der Waals surface area contributed by atoms with E-state index in [-0.39, 0.29) is 17.7 Å². The second-order valence-electron chi connectivity index (χ2n) is 5.85.